The summed E-state index contributed by atoms with van der Waals surface area (Å²) in [4.78, 5) is 12.8. The molecule has 2 heterocycles. The predicted octanol–water partition coefficient (Wildman–Crippen LogP) is 1.37. The molecule has 1 fully saturated rings. The number of carbonyl (C=O) groups is 1. The Balaban J connectivity index is 2.18. The number of carboxylic acid groups (broad SMARTS) is 1. The highest BCUT2D eigenvalue weighted by atomic mass is 32.2. The lowest BCUT2D eigenvalue weighted by Crippen LogP contribution is -2.39. The van der Waals surface area contributed by atoms with Crippen molar-refractivity contribution in [3.05, 3.63) is 0 Å². The number of aliphatic carboxylic acids is 1. The van der Waals surface area contributed by atoms with Crippen LogP contribution in [0.25, 0.3) is 0 Å². The highest BCUT2D eigenvalue weighted by Gasteiger charge is 2.35. The van der Waals surface area contributed by atoms with Gasteiger partial charge in [-0.3, -0.25) is 9.36 Å². The van der Waals surface area contributed by atoms with Gasteiger partial charge in [-0.05, 0) is 26.7 Å². The topological polar surface area (TPSA) is 71.2 Å². The summed E-state index contributed by atoms with van der Waals surface area (Å²) in [5.41, 5.74) is 0.0928. The third kappa shape index (κ3) is 2.45. The van der Waals surface area contributed by atoms with Gasteiger partial charge in [0.1, 0.15) is 0 Å². The maximum absolute atomic E-state index is 10.6. The monoisotopic (exact) mass is 270 g/mol. The molecule has 1 saturated heterocycles. The quantitative estimate of drug-likeness (QED) is 0.833. The number of carboxylic acids is 1. The van der Waals surface area contributed by atoms with Crippen LogP contribution in [0.4, 0.5) is 5.95 Å². The number of nitrogens with zero attached hydrogens (tertiary/aromatic N) is 4. The summed E-state index contributed by atoms with van der Waals surface area (Å²) < 4.78 is 1.88. The molecule has 100 valence electrons. The van der Waals surface area contributed by atoms with E-state index in [4.69, 9.17) is 5.11 Å². The van der Waals surface area contributed by atoms with Crippen LogP contribution in [-0.2, 0) is 11.8 Å². The number of hydrogen-bond acceptors (Lipinski definition) is 5. The van der Waals surface area contributed by atoms with E-state index in [2.05, 4.69) is 28.9 Å². The minimum atomic E-state index is -0.842. The van der Waals surface area contributed by atoms with Crippen LogP contribution in [-0.4, -0.2) is 43.7 Å². The minimum absolute atomic E-state index is 0.00929. The number of thioether (sulfide) groups is 1. The van der Waals surface area contributed by atoms with Crippen LogP contribution in [0, 0.1) is 0 Å². The van der Waals surface area contributed by atoms with Gasteiger partial charge in [0.15, 0.2) is 5.16 Å². The van der Waals surface area contributed by atoms with Crippen molar-refractivity contribution in [2.24, 2.45) is 7.05 Å². The average Bonchev–Trinajstić information content (AvgIpc) is 2.79. The molecule has 18 heavy (non-hydrogen) atoms. The Labute approximate surface area is 110 Å². The van der Waals surface area contributed by atoms with E-state index < -0.39 is 5.97 Å². The third-order valence-corrected chi connectivity index (χ3v) is 4.28. The Bertz CT molecular complexity index is 458. The molecule has 1 aliphatic rings. The van der Waals surface area contributed by atoms with Crippen LogP contribution in [0.5, 0.6) is 0 Å². The van der Waals surface area contributed by atoms with E-state index in [0.717, 1.165) is 25.3 Å². The molecule has 2 rings (SSSR count). The molecule has 0 atom stereocenters. The predicted molar refractivity (Wildman–Crippen MR) is 70.0 cm³/mol. The van der Waals surface area contributed by atoms with Crippen LogP contribution in [0.3, 0.4) is 0 Å². The third-order valence-electron chi connectivity index (χ3n) is 3.28. The van der Waals surface area contributed by atoms with Gasteiger partial charge in [-0.2, -0.15) is 0 Å². The van der Waals surface area contributed by atoms with Gasteiger partial charge >= 0.3 is 5.97 Å². The fraction of sp³-hybridized carbons (Fsp3) is 0.727. The Morgan fingerprint density at radius 2 is 2.22 bits per heavy atom. The maximum Gasteiger partial charge on any atom is 0.313 e. The van der Waals surface area contributed by atoms with Gasteiger partial charge in [-0.15, -0.1) is 10.2 Å². The lowest BCUT2D eigenvalue weighted by atomic mass is 10.0. The first-order valence-corrected chi connectivity index (χ1v) is 6.92. The smallest absolute Gasteiger partial charge is 0.313 e. The summed E-state index contributed by atoms with van der Waals surface area (Å²) in [5, 5.41) is 17.6. The largest absolute Gasteiger partial charge is 0.481 e. The molecule has 1 aromatic heterocycles. The van der Waals surface area contributed by atoms with Crippen LogP contribution >= 0.6 is 11.8 Å². The van der Waals surface area contributed by atoms with Gasteiger partial charge < -0.3 is 10.0 Å². The Kier molecular flexibility index (Phi) is 3.52. The lowest BCUT2D eigenvalue weighted by Gasteiger charge is -2.31. The maximum atomic E-state index is 10.6. The van der Waals surface area contributed by atoms with E-state index in [9.17, 15) is 4.79 Å². The summed E-state index contributed by atoms with van der Waals surface area (Å²) in [5.74, 6) is -0.00789. The molecule has 0 saturated carbocycles. The zero-order valence-corrected chi connectivity index (χ0v) is 11.7. The van der Waals surface area contributed by atoms with Crippen molar-refractivity contribution in [3.63, 3.8) is 0 Å². The van der Waals surface area contributed by atoms with Crippen molar-refractivity contribution in [2.45, 2.75) is 37.4 Å². The first kappa shape index (κ1) is 13.2. The molecule has 0 bridgehead atoms. The van der Waals surface area contributed by atoms with Crippen LogP contribution in [0.2, 0.25) is 0 Å². The van der Waals surface area contributed by atoms with Crippen molar-refractivity contribution in [1.29, 1.82) is 0 Å². The van der Waals surface area contributed by atoms with Gasteiger partial charge in [0.2, 0.25) is 5.95 Å². The molecule has 0 unspecified atom stereocenters. The normalized spacial score (nSPS) is 18.3. The first-order chi connectivity index (χ1) is 8.42. The summed E-state index contributed by atoms with van der Waals surface area (Å²) in [6.45, 7) is 5.36. The minimum Gasteiger partial charge on any atom is -0.481 e. The summed E-state index contributed by atoms with van der Waals surface area (Å²) in [7, 11) is 1.88. The lowest BCUT2D eigenvalue weighted by molar-refractivity contribution is -0.133. The Morgan fingerprint density at radius 1 is 1.50 bits per heavy atom. The van der Waals surface area contributed by atoms with Crippen molar-refractivity contribution in [3.8, 4) is 0 Å². The zero-order valence-electron chi connectivity index (χ0n) is 10.9. The molecule has 7 heteroatoms. The number of anilines is 1. The standard InChI is InChI=1S/C11H18N4O2S/c1-11(2)5-4-6-15(11)9-12-13-10(14(9)3)18-7-8(16)17/h4-7H2,1-3H3,(H,16,17). The number of aromatic nitrogens is 3. The molecule has 1 N–H and O–H groups in total. The highest BCUT2D eigenvalue weighted by molar-refractivity contribution is 7.99. The molecule has 0 amide bonds. The summed E-state index contributed by atoms with van der Waals surface area (Å²) in [6, 6.07) is 0. The Hall–Kier alpha value is -1.24. The van der Waals surface area contributed by atoms with Gasteiger partial charge in [0, 0.05) is 19.1 Å². The fourth-order valence-corrected chi connectivity index (χ4v) is 2.90. The van der Waals surface area contributed by atoms with E-state index in [1.807, 2.05) is 11.6 Å². The van der Waals surface area contributed by atoms with E-state index in [1.165, 1.54) is 11.8 Å². The molecule has 1 aromatic rings. The molecule has 0 radical (unpaired) electrons. The first-order valence-electron chi connectivity index (χ1n) is 5.93. The number of rotatable bonds is 4. The second-order valence-corrected chi connectivity index (χ2v) is 6.03. The van der Waals surface area contributed by atoms with Gasteiger partial charge in [0.05, 0.1) is 5.75 Å². The van der Waals surface area contributed by atoms with E-state index in [1.54, 1.807) is 0 Å². The number of hydrogen-bond donors (Lipinski definition) is 1. The summed E-state index contributed by atoms with van der Waals surface area (Å²) >= 11 is 1.20. The van der Waals surface area contributed by atoms with E-state index >= 15 is 0 Å². The van der Waals surface area contributed by atoms with Crippen molar-refractivity contribution in [2.75, 3.05) is 17.2 Å². The molecule has 0 spiro atoms. The van der Waals surface area contributed by atoms with Gasteiger partial charge in [-0.25, -0.2) is 0 Å². The van der Waals surface area contributed by atoms with Gasteiger partial charge in [-0.1, -0.05) is 11.8 Å². The van der Waals surface area contributed by atoms with Crippen molar-refractivity contribution in [1.82, 2.24) is 14.8 Å². The molecule has 6 nitrogen and oxygen atoms in total. The molecular weight excluding hydrogens is 252 g/mol. The molecule has 0 aromatic carbocycles. The fourth-order valence-electron chi connectivity index (χ4n) is 2.27. The second kappa shape index (κ2) is 4.79. The molecule has 0 aliphatic carbocycles. The van der Waals surface area contributed by atoms with Crippen molar-refractivity contribution >= 4 is 23.7 Å². The van der Waals surface area contributed by atoms with Crippen LogP contribution < -0.4 is 4.90 Å². The Morgan fingerprint density at radius 3 is 2.78 bits per heavy atom. The van der Waals surface area contributed by atoms with Crippen molar-refractivity contribution < 1.29 is 9.90 Å². The molecular formula is C11H18N4O2S. The second-order valence-electron chi connectivity index (χ2n) is 5.09. The SMILES string of the molecule is Cn1c(SCC(=O)O)nnc1N1CCCC1(C)C. The highest BCUT2D eigenvalue weighted by Crippen LogP contribution is 2.33. The van der Waals surface area contributed by atoms with Crippen LogP contribution in [0.1, 0.15) is 26.7 Å². The average molecular weight is 270 g/mol. The molecule has 1 aliphatic heterocycles. The zero-order chi connectivity index (χ0) is 13.3. The van der Waals surface area contributed by atoms with Gasteiger partial charge in [0.25, 0.3) is 0 Å². The summed E-state index contributed by atoms with van der Waals surface area (Å²) in [6.07, 6.45) is 2.29. The van der Waals surface area contributed by atoms with E-state index in [-0.39, 0.29) is 11.3 Å². The van der Waals surface area contributed by atoms with E-state index in [0.29, 0.717) is 5.16 Å². The van der Waals surface area contributed by atoms with Crippen LogP contribution in [0.15, 0.2) is 5.16 Å².